The van der Waals surface area contributed by atoms with E-state index in [9.17, 15) is 13.2 Å². The Kier molecular flexibility index (Phi) is 4.89. The van der Waals surface area contributed by atoms with Crippen molar-refractivity contribution in [2.45, 2.75) is 17.9 Å². The summed E-state index contributed by atoms with van der Waals surface area (Å²) in [6.45, 7) is 1.40. The molecule has 1 rings (SSSR count). The first-order chi connectivity index (χ1) is 8.81. The average molecular weight is 302 g/mol. The third-order valence-corrected chi connectivity index (χ3v) is 4.34. The van der Waals surface area contributed by atoms with Gasteiger partial charge < -0.3 is 5.32 Å². The topological polar surface area (TPSA) is 99.1 Å². The predicted octanol–water partition coefficient (Wildman–Crippen LogP) is 0.624. The van der Waals surface area contributed by atoms with Gasteiger partial charge in [0.2, 0.25) is 15.9 Å². The summed E-state index contributed by atoms with van der Waals surface area (Å²) in [5.41, 5.74) is 0.164. The van der Waals surface area contributed by atoms with Gasteiger partial charge in [0.05, 0.1) is 22.7 Å². The molecule has 1 aromatic carbocycles. The average Bonchev–Trinajstić information content (AvgIpc) is 2.37. The van der Waals surface area contributed by atoms with Gasteiger partial charge in [0.25, 0.3) is 0 Å². The molecule has 0 aromatic heterocycles. The Hall–Kier alpha value is -1.62. The number of carbonyl (C=O) groups excluding carboxylic acids is 1. The van der Waals surface area contributed by atoms with Crippen LogP contribution in [0.1, 0.15) is 12.5 Å². The van der Waals surface area contributed by atoms with E-state index in [1.165, 1.54) is 26.1 Å². The van der Waals surface area contributed by atoms with Gasteiger partial charge >= 0.3 is 0 Å². The number of likely N-dealkylation sites (N-methyl/N-ethyl adjacent to an activating group) is 1. The fourth-order valence-corrected chi connectivity index (χ4v) is 3.07. The number of nitrogens with zero attached hydrogens (tertiary/aromatic N) is 1. The number of sulfonamides is 1. The number of carbonyl (C=O) groups is 1. The van der Waals surface area contributed by atoms with Crippen LogP contribution in [0.2, 0.25) is 5.02 Å². The van der Waals surface area contributed by atoms with Crippen molar-refractivity contribution in [1.82, 2.24) is 10.0 Å². The standard InChI is InChI=1S/C11H12ClN3O3S/c1-7(11(16)14-2)15-19(17,18)10-5-8(6-13)3-4-9(10)12/h3-5,7,15H,1-2H3,(H,14,16). The van der Waals surface area contributed by atoms with E-state index in [1.807, 2.05) is 6.07 Å². The van der Waals surface area contributed by atoms with Gasteiger partial charge in [0.1, 0.15) is 4.90 Å². The van der Waals surface area contributed by atoms with E-state index >= 15 is 0 Å². The Balaban J connectivity index is 3.14. The molecule has 0 spiro atoms. The van der Waals surface area contributed by atoms with Crippen molar-refractivity contribution in [3.8, 4) is 6.07 Å². The highest BCUT2D eigenvalue weighted by molar-refractivity contribution is 7.89. The fourth-order valence-electron chi connectivity index (χ4n) is 1.35. The zero-order valence-electron chi connectivity index (χ0n) is 10.3. The van der Waals surface area contributed by atoms with Crippen molar-refractivity contribution in [1.29, 1.82) is 5.26 Å². The van der Waals surface area contributed by atoms with Crippen LogP contribution in [0.25, 0.3) is 0 Å². The van der Waals surface area contributed by atoms with Gasteiger partial charge in [0.15, 0.2) is 0 Å². The van der Waals surface area contributed by atoms with Crippen LogP contribution in [0.5, 0.6) is 0 Å². The normalized spacial score (nSPS) is 12.5. The van der Waals surface area contributed by atoms with E-state index in [2.05, 4.69) is 10.0 Å². The molecule has 1 unspecified atom stereocenters. The number of nitriles is 1. The third kappa shape index (κ3) is 3.67. The smallest absolute Gasteiger partial charge is 0.242 e. The minimum atomic E-state index is -3.97. The molecule has 0 saturated heterocycles. The van der Waals surface area contributed by atoms with Crippen molar-refractivity contribution < 1.29 is 13.2 Å². The van der Waals surface area contributed by atoms with E-state index < -0.39 is 22.0 Å². The molecule has 2 N–H and O–H groups in total. The Bertz CT molecular complexity index is 637. The van der Waals surface area contributed by atoms with Gasteiger partial charge in [-0.25, -0.2) is 8.42 Å². The summed E-state index contributed by atoms with van der Waals surface area (Å²) in [7, 11) is -2.57. The van der Waals surface area contributed by atoms with Crippen molar-refractivity contribution in [3.05, 3.63) is 28.8 Å². The fraction of sp³-hybridized carbons (Fsp3) is 0.273. The molecule has 8 heteroatoms. The lowest BCUT2D eigenvalue weighted by Crippen LogP contribution is -2.43. The minimum absolute atomic E-state index is 0.0180. The number of hydrogen-bond acceptors (Lipinski definition) is 4. The first-order valence-corrected chi connectivity index (χ1v) is 7.11. The molecular formula is C11H12ClN3O3S. The van der Waals surface area contributed by atoms with Crippen LogP contribution in [-0.4, -0.2) is 27.4 Å². The van der Waals surface area contributed by atoms with Gasteiger partial charge in [-0.1, -0.05) is 11.6 Å². The molecule has 0 heterocycles. The van der Waals surface area contributed by atoms with E-state index in [0.717, 1.165) is 6.07 Å². The highest BCUT2D eigenvalue weighted by atomic mass is 35.5. The third-order valence-electron chi connectivity index (χ3n) is 2.32. The number of nitrogens with one attached hydrogen (secondary N) is 2. The molecule has 0 aliphatic carbocycles. The SMILES string of the molecule is CNC(=O)C(C)NS(=O)(=O)c1cc(C#N)ccc1Cl. The van der Waals surface area contributed by atoms with E-state index in [-0.39, 0.29) is 15.5 Å². The van der Waals surface area contributed by atoms with Gasteiger partial charge in [-0.15, -0.1) is 0 Å². The molecule has 102 valence electrons. The molecule has 0 aliphatic heterocycles. The maximum absolute atomic E-state index is 12.1. The van der Waals surface area contributed by atoms with E-state index in [0.29, 0.717) is 0 Å². The van der Waals surface area contributed by atoms with Crippen LogP contribution in [0.15, 0.2) is 23.1 Å². The van der Waals surface area contributed by atoms with Gasteiger partial charge in [-0.2, -0.15) is 9.98 Å². The molecule has 0 saturated carbocycles. The number of rotatable bonds is 4. The molecule has 1 amide bonds. The largest absolute Gasteiger partial charge is 0.358 e. The summed E-state index contributed by atoms with van der Waals surface area (Å²) in [6.07, 6.45) is 0. The number of halogens is 1. The van der Waals surface area contributed by atoms with Crippen molar-refractivity contribution >= 4 is 27.5 Å². The summed E-state index contributed by atoms with van der Waals surface area (Å²) >= 11 is 5.81. The monoisotopic (exact) mass is 301 g/mol. The second kappa shape index (κ2) is 6.02. The molecular weight excluding hydrogens is 290 g/mol. The lowest BCUT2D eigenvalue weighted by Gasteiger charge is -2.13. The second-order valence-corrected chi connectivity index (χ2v) is 5.80. The van der Waals surface area contributed by atoms with Crippen molar-refractivity contribution in [2.24, 2.45) is 0 Å². The first-order valence-electron chi connectivity index (χ1n) is 5.25. The number of amides is 1. The summed E-state index contributed by atoms with van der Waals surface area (Å²) in [6, 6.07) is 4.76. The molecule has 0 fully saturated rings. The van der Waals surface area contributed by atoms with Crippen LogP contribution in [0.4, 0.5) is 0 Å². The molecule has 1 aromatic rings. The molecule has 0 bridgehead atoms. The number of benzene rings is 1. The lowest BCUT2D eigenvalue weighted by atomic mass is 10.2. The highest BCUT2D eigenvalue weighted by Gasteiger charge is 2.23. The second-order valence-electron chi connectivity index (χ2n) is 3.71. The molecule has 1 atom stereocenters. The van der Waals surface area contributed by atoms with E-state index in [4.69, 9.17) is 16.9 Å². The zero-order chi connectivity index (χ0) is 14.6. The van der Waals surface area contributed by atoms with Crippen LogP contribution >= 0.6 is 11.6 Å². The van der Waals surface area contributed by atoms with Crippen molar-refractivity contribution in [2.75, 3.05) is 7.05 Å². The molecule has 19 heavy (non-hydrogen) atoms. The summed E-state index contributed by atoms with van der Waals surface area (Å²) in [5, 5.41) is 11.1. The van der Waals surface area contributed by atoms with Crippen molar-refractivity contribution in [3.63, 3.8) is 0 Å². The minimum Gasteiger partial charge on any atom is -0.358 e. The van der Waals surface area contributed by atoms with Gasteiger partial charge in [-0.05, 0) is 25.1 Å². The maximum atomic E-state index is 12.1. The molecule has 0 aliphatic rings. The quantitative estimate of drug-likeness (QED) is 0.851. The zero-order valence-corrected chi connectivity index (χ0v) is 11.8. The predicted molar refractivity (Wildman–Crippen MR) is 70.0 cm³/mol. The Labute approximate surface area is 116 Å². The first kappa shape index (κ1) is 15.4. The van der Waals surface area contributed by atoms with Gasteiger partial charge in [0, 0.05) is 7.05 Å². The lowest BCUT2D eigenvalue weighted by molar-refractivity contribution is -0.121. The maximum Gasteiger partial charge on any atom is 0.242 e. The van der Waals surface area contributed by atoms with Crippen LogP contribution in [-0.2, 0) is 14.8 Å². The Morgan fingerprint density at radius 2 is 2.11 bits per heavy atom. The Morgan fingerprint density at radius 1 is 1.47 bits per heavy atom. The van der Waals surface area contributed by atoms with Crippen LogP contribution in [0.3, 0.4) is 0 Å². The summed E-state index contributed by atoms with van der Waals surface area (Å²) < 4.78 is 26.3. The summed E-state index contributed by atoms with van der Waals surface area (Å²) in [5.74, 6) is -0.476. The molecule has 6 nitrogen and oxygen atoms in total. The van der Waals surface area contributed by atoms with Crippen LogP contribution in [0, 0.1) is 11.3 Å². The Morgan fingerprint density at radius 3 is 2.63 bits per heavy atom. The molecule has 0 radical (unpaired) electrons. The highest BCUT2D eigenvalue weighted by Crippen LogP contribution is 2.22. The van der Waals surface area contributed by atoms with E-state index in [1.54, 1.807) is 0 Å². The summed E-state index contributed by atoms with van der Waals surface area (Å²) in [4.78, 5) is 11.1. The number of hydrogen-bond donors (Lipinski definition) is 2. The van der Waals surface area contributed by atoms with Gasteiger partial charge in [-0.3, -0.25) is 4.79 Å². The van der Waals surface area contributed by atoms with Crippen LogP contribution < -0.4 is 10.0 Å².